The number of rotatable bonds is 4. The van der Waals surface area contributed by atoms with Crippen molar-refractivity contribution in [1.29, 1.82) is 0 Å². The highest BCUT2D eigenvalue weighted by Gasteiger charge is 2.27. The zero-order valence-corrected chi connectivity index (χ0v) is 12.0. The molecule has 0 aliphatic carbocycles. The molecule has 1 aliphatic heterocycles. The maximum Gasteiger partial charge on any atom is 0.483 e. The lowest BCUT2D eigenvalue weighted by Crippen LogP contribution is -2.46. The van der Waals surface area contributed by atoms with Gasteiger partial charge in [-0.3, -0.25) is 4.79 Å². The molecule has 7 nitrogen and oxygen atoms in total. The molecule has 0 aromatic heterocycles. The second-order valence-electron chi connectivity index (χ2n) is 5.64. The van der Waals surface area contributed by atoms with E-state index in [1.807, 2.05) is 0 Å². The molecule has 0 fully saturated rings. The summed E-state index contributed by atoms with van der Waals surface area (Å²) < 4.78 is 5.02. The number of nitrogens with one attached hydrogen (secondary N) is 2. The summed E-state index contributed by atoms with van der Waals surface area (Å²) in [5.41, 5.74) is -0.216. The number of carbonyl (C=O) groups excluding carboxylic acids is 2. The quantitative estimate of drug-likeness (QED) is 0.512. The number of carbonyl (C=O) groups is 2. The third-order valence-corrected chi connectivity index (χ3v) is 2.69. The van der Waals surface area contributed by atoms with Crippen LogP contribution in [0.25, 0.3) is 0 Å². The van der Waals surface area contributed by atoms with E-state index >= 15 is 0 Å². The lowest BCUT2D eigenvalue weighted by atomic mass is 9.74. The van der Waals surface area contributed by atoms with Crippen LogP contribution in [0.3, 0.4) is 0 Å². The zero-order valence-electron chi connectivity index (χ0n) is 12.0. The predicted molar refractivity (Wildman–Crippen MR) is 73.9 cm³/mol. The van der Waals surface area contributed by atoms with Gasteiger partial charge >= 0.3 is 13.2 Å². The van der Waals surface area contributed by atoms with Gasteiger partial charge in [-0.2, -0.15) is 0 Å². The van der Waals surface area contributed by atoms with Crippen molar-refractivity contribution in [1.82, 2.24) is 10.6 Å². The monoisotopic (exact) mass is 284 g/mol. The van der Waals surface area contributed by atoms with Crippen LogP contribution in [0.1, 0.15) is 27.2 Å². The normalized spacial score (nSPS) is 19.1. The Morgan fingerprint density at radius 3 is 2.70 bits per heavy atom. The molecule has 1 amide bonds. The molecule has 20 heavy (non-hydrogen) atoms. The molecule has 1 heterocycles. The largest absolute Gasteiger partial charge is 0.483 e. The third kappa shape index (κ3) is 5.73. The summed E-state index contributed by atoms with van der Waals surface area (Å²) in [5, 5.41) is 23.5. The Labute approximate surface area is 118 Å². The first-order valence-corrected chi connectivity index (χ1v) is 6.47. The van der Waals surface area contributed by atoms with Crippen molar-refractivity contribution in [3.8, 4) is 0 Å². The molecule has 0 spiro atoms. The van der Waals surface area contributed by atoms with Gasteiger partial charge in [0.2, 0.25) is 0 Å². The number of Topliss-reactive ketones (excluding diaryl/α,β-unsaturated/α-hetero) is 1. The van der Waals surface area contributed by atoms with Gasteiger partial charge in [-0.1, -0.05) is 6.08 Å². The first-order chi connectivity index (χ1) is 9.19. The fraction of sp³-hybridized carbons (Fsp3) is 0.667. The van der Waals surface area contributed by atoms with E-state index in [4.69, 9.17) is 14.8 Å². The van der Waals surface area contributed by atoms with Crippen LogP contribution in [0, 0.1) is 0 Å². The number of alkyl carbamates (subject to hydrolysis) is 1. The summed E-state index contributed by atoms with van der Waals surface area (Å²) in [5.74, 6) is -0.234. The lowest BCUT2D eigenvalue weighted by Gasteiger charge is -2.24. The van der Waals surface area contributed by atoms with Crippen molar-refractivity contribution in [2.24, 2.45) is 0 Å². The van der Waals surface area contributed by atoms with E-state index in [2.05, 4.69) is 10.6 Å². The first-order valence-electron chi connectivity index (χ1n) is 6.47. The Balaban J connectivity index is 2.41. The SMILES string of the molecule is CC(C)(C)OC(=O)NCC(=O)C1CC(B(O)O)=CCN1. The second-order valence-corrected chi connectivity index (χ2v) is 5.64. The first kappa shape index (κ1) is 16.7. The molecular formula is C12H21BN2O5. The fourth-order valence-electron chi connectivity index (χ4n) is 1.76. The Morgan fingerprint density at radius 2 is 2.15 bits per heavy atom. The molecule has 1 atom stereocenters. The van der Waals surface area contributed by atoms with Gasteiger partial charge in [-0.15, -0.1) is 0 Å². The summed E-state index contributed by atoms with van der Waals surface area (Å²) in [4.78, 5) is 23.3. The van der Waals surface area contributed by atoms with Crippen molar-refractivity contribution >= 4 is 19.0 Å². The number of hydrogen-bond acceptors (Lipinski definition) is 6. The molecule has 1 unspecified atom stereocenters. The summed E-state index contributed by atoms with van der Waals surface area (Å²) >= 11 is 0. The smallest absolute Gasteiger partial charge is 0.444 e. The van der Waals surface area contributed by atoms with Crippen molar-refractivity contribution in [2.45, 2.75) is 38.8 Å². The molecule has 0 radical (unpaired) electrons. The average molecular weight is 284 g/mol. The van der Waals surface area contributed by atoms with E-state index in [-0.39, 0.29) is 18.7 Å². The topological polar surface area (TPSA) is 108 Å². The van der Waals surface area contributed by atoms with Crippen molar-refractivity contribution in [3.63, 3.8) is 0 Å². The number of hydrogen-bond donors (Lipinski definition) is 4. The molecule has 0 aromatic rings. The van der Waals surface area contributed by atoms with E-state index < -0.39 is 24.9 Å². The van der Waals surface area contributed by atoms with Gasteiger partial charge in [-0.05, 0) is 32.7 Å². The van der Waals surface area contributed by atoms with Gasteiger partial charge in [0.25, 0.3) is 0 Å². The van der Waals surface area contributed by atoms with Crippen LogP contribution < -0.4 is 10.6 Å². The molecule has 0 saturated heterocycles. The van der Waals surface area contributed by atoms with Gasteiger partial charge in [0.05, 0.1) is 12.6 Å². The summed E-state index contributed by atoms with van der Waals surface area (Å²) in [7, 11) is -1.55. The van der Waals surface area contributed by atoms with E-state index in [0.29, 0.717) is 12.0 Å². The Hall–Kier alpha value is -1.38. The van der Waals surface area contributed by atoms with E-state index in [1.54, 1.807) is 26.8 Å². The maximum absolute atomic E-state index is 11.9. The Kier molecular flexibility index (Phi) is 5.73. The summed E-state index contributed by atoms with van der Waals surface area (Å²) in [6.45, 7) is 5.42. The molecule has 4 N–H and O–H groups in total. The fourth-order valence-corrected chi connectivity index (χ4v) is 1.76. The summed E-state index contributed by atoms with van der Waals surface area (Å²) in [6, 6.07) is -0.535. The number of ketones is 1. The minimum atomic E-state index is -1.55. The Bertz CT molecular complexity index is 403. The molecule has 0 aromatic carbocycles. The minimum absolute atomic E-state index is 0.165. The molecule has 0 bridgehead atoms. The maximum atomic E-state index is 11.9. The molecular weight excluding hydrogens is 263 g/mol. The lowest BCUT2D eigenvalue weighted by molar-refractivity contribution is -0.120. The van der Waals surface area contributed by atoms with E-state index in [0.717, 1.165) is 0 Å². The van der Waals surface area contributed by atoms with Crippen molar-refractivity contribution in [3.05, 3.63) is 11.5 Å². The van der Waals surface area contributed by atoms with Gasteiger partial charge in [0.15, 0.2) is 5.78 Å². The van der Waals surface area contributed by atoms with Crippen molar-refractivity contribution < 1.29 is 24.4 Å². The number of ether oxygens (including phenoxy) is 1. The van der Waals surface area contributed by atoms with Gasteiger partial charge in [0, 0.05) is 6.54 Å². The minimum Gasteiger partial charge on any atom is -0.444 e. The molecule has 8 heteroatoms. The molecule has 0 saturated carbocycles. The molecule has 112 valence electrons. The predicted octanol–water partition coefficient (Wildman–Crippen LogP) is -0.619. The third-order valence-electron chi connectivity index (χ3n) is 2.69. The zero-order chi connectivity index (χ0) is 15.3. The second kappa shape index (κ2) is 6.87. The van der Waals surface area contributed by atoms with Crippen LogP contribution in [0.5, 0.6) is 0 Å². The van der Waals surface area contributed by atoms with E-state index in [9.17, 15) is 9.59 Å². The van der Waals surface area contributed by atoms with Crippen LogP contribution >= 0.6 is 0 Å². The highest BCUT2D eigenvalue weighted by atomic mass is 16.6. The van der Waals surface area contributed by atoms with Gasteiger partial charge < -0.3 is 25.4 Å². The number of amides is 1. The highest BCUT2D eigenvalue weighted by molar-refractivity contribution is 6.50. The Morgan fingerprint density at radius 1 is 1.50 bits per heavy atom. The van der Waals surface area contributed by atoms with Gasteiger partial charge in [-0.25, -0.2) is 4.79 Å². The highest BCUT2D eigenvalue weighted by Crippen LogP contribution is 2.12. The summed E-state index contributed by atoms with van der Waals surface area (Å²) in [6.07, 6.45) is 1.20. The average Bonchev–Trinajstić information content (AvgIpc) is 2.34. The van der Waals surface area contributed by atoms with Crippen molar-refractivity contribution in [2.75, 3.05) is 13.1 Å². The standard InChI is InChI=1S/C12H21BN2O5/c1-12(2,3)20-11(17)15-7-10(16)9-6-8(13(18)19)4-5-14-9/h4,9,14,18-19H,5-7H2,1-3H3,(H,15,17). The van der Waals surface area contributed by atoms with Crippen LogP contribution in [-0.4, -0.2) is 53.8 Å². The van der Waals surface area contributed by atoms with Crippen LogP contribution in [-0.2, 0) is 9.53 Å². The van der Waals surface area contributed by atoms with Crippen LogP contribution in [0.2, 0.25) is 0 Å². The van der Waals surface area contributed by atoms with E-state index in [1.165, 1.54) is 0 Å². The van der Waals surface area contributed by atoms with Gasteiger partial charge in [0.1, 0.15) is 5.60 Å². The molecule has 1 rings (SSSR count). The molecule has 1 aliphatic rings. The van der Waals surface area contributed by atoms with Crippen LogP contribution in [0.15, 0.2) is 11.5 Å². The van der Waals surface area contributed by atoms with Crippen LogP contribution in [0.4, 0.5) is 4.79 Å².